The van der Waals surface area contributed by atoms with E-state index in [1.165, 1.54) is 0 Å². The Morgan fingerprint density at radius 2 is 1.76 bits per heavy atom. The normalized spacial score (nSPS) is 11.0. The average Bonchev–Trinajstić information content (AvgIpc) is 2.34. The maximum atomic E-state index is 11.9. The number of nitrogens with zero attached hydrogens (tertiary/aromatic N) is 1. The van der Waals surface area contributed by atoms with Crippen LogP contribution in [0.15, 0.2) is 24.3 Å². The van der Waals surface area contributed by atoms with Crippen LogP contribution in [0.2, 0.25) is 0 Å². The van der Waals surface area contributed by atoms with Crippen molar-refractivity contribution in [2.75, 3.05) is 19.0 Å². The molecule has 0 saturated heterocycles. The number of aryl methyl sites for hydroxylation is 1. The van der Waals surface area contributed by atoms with E-state index in [2.05, 4.69) is 5.32 Å². The van der Waals surface area contributed by atoms with Gasteiger partial charge in [-0.1, -0.05) is 12.1 Å². The van der Waals surface area contributed by atoms with Crippen LogP contribution in [0.25, 0.3) is 0 Å². The number of rotatable bonds is 7. The molecule has 21 heavy (non-hydrogen) atoms. The summed E-state index contributed by atoms with van der Waals surface area (Å²) in [5.74, 6) is -1.04. The molecule has 0 spiro atoms. The van der Waals surface area contributed by atoms with Gasteiger partial charge in [0.05, 0.1) is 6.42 Å². The fraction of sp³-hybridized carbons (Fsp3) is 0.500. The van der Waals surface area contributed by atoms with Gasteiger partial charge in [0.25, 0.3) is 0 Å². The molecule has 0 aromatic heterocycles. The third kappa shape index (κ3) is 6.29. The van der Waals surface area contributed by atoms with Crippen LogP contribution in [0.3, 0.4) is 0 Å². The Bertz CT molecular complexity index is 493. The third-order valence-electron chi connectivity index (χ3n) is 3.16. The van der Waals surface area contributed by atoms with E-state index in [-0.39, 0.29) is 12.3 Å². The van der Waals surface area contributed by atoms with E-state index in [9.17, 15) is 9.59 Å². The van der Waals surface area contributed by atoms with Crippen molar-refractivity contribution in [1.82, 2.24) is 5.32 Å². The van der Waals surface area contributed by atoms with Gasteiger partial charge in [0, 0.05) is 31.7 Å². The molecular weight excluding hydrogens is 268 g/mol. The number of hydrogen-bond donors (Lipinski definition) is 2. The highest BCUT2D eigenvalue weighted by molar-refractivity contribution is 5.78. The smallest absolute Gasteiger partial charge is 0.305 e. The molecule has 0 aliphatic heterocycles. The predicted octanol–water partition coefficient (Wildman–Crippen LogP) is 2.05. The second-order valence-electron chi connectivity index (χ2n) is 6.06. The standard InChI is InChI=1S/C16H24N2O3/c1-16(2,11-15(20)21)17-14(19)10-7-12-5-8-13(9-6-12)18(3)4/h5-6,8-9H,7,10-11H2,1-4H3,(H,17,19)(H,20,21). The summed E-state index contributed by atoms with van der Waals surface area (Å²) < 4.78 is 0. The first-order chi connectivity index (χ1) is 9.69. The summed E-state index contributed by atoms with van der Waals surface area (Å²) in [5.41, 5.74) is 1.48. The molecule has 0 heterocycles. The topological polar surface area (TPSA) is 69.6 Å². The summed E-state index contributed by atoms with van der Waals surface area (Å²) in [6.45, 7) is 3.43. The minimum absolute atomic E-state index is 0.0870. The first kappa shape index (κ1) is 17.0. The lowest BCUT2D eigenvalue weighted by atomic mass is 10.00. The van der Waals surface area contributed by atoms with E-state index in [0.717, 1.165) is 11.3 Å². The van der Waals surface area contributed by atoms with E-state index in [1.54, 1.807) is 13.8 Å². The van der Waals surface area contributed by atoms with Gasteiger partial charge < -0.3 is 15.3 Å². The molecule has 5 heteroatoms. The summed E-state index contributed by atoms with van der Waals surface area (Å²) in [7, 11) is 3.96. The molecule has 1 aromatic carbocycles. The second kappa shape index (κ2) is 7.11. The largest absolute Gasteiger partial charge is 0.481 e. The van der Waals surface area contributed by atoms with Crippen LogP contribution in [0.5, 0.6) is 0 Å². The quantitative estimate of drug-likeness (QED) is 0.807. The molecule has 0 aliphatic carbocycles. The minimum atomic E-state index is -0.917. The number of nitrogens with one attached hydrogen (secondary N) is 1. The monoisotopic (exact) mass is 292 g/mol. The molecular formula is C16H24N2O3. The van der Waals surface area contributed by atoms with Gasteiger partial charge >= 0.3 is 5.97 Å². The molecule has 2 N–H and O–H groups in total. The van der Waals surface area contributed by atoms with E-state index in [0.29, 0.717) is 12.8 Å². The summed E-state index contributed by atoms with van der Waals surface area (Å²) >= 11 is 0. The molecule has 0 radical (unpaired) electrons. The number of carboxylic acid groups (broad SMARTS) is 1. The van der Waals surface area contributed by atoms with E-state index < -0.39 is 11.5 Å². The van der Waals surface area contributed by atoms with E-state index >= 15 is 0 Å². The van der Waals surface area contributed by atoms with Crippen molar-refractivity contribution in [3.05, 3.63) is 29.8 Å². The summed E-state index contributed by atoms with van der Waals surface area (Å²) in [4.78, 5) is 24.6. The van der Waals surface area contributed by atoms with Gasteiger partial charge in [0.2, 0.25) is 5.91 Å². The number of amides is 1. The zero-order chi connectivity index (χ0) is 16.0. The van der Waals surface area contributed by atoms with Gasteiger partial charge in [-0.3, -0.25) is 9.59 Å². The fourth-order valence-electron chi connectivity index (χ4n) is 2.08. The zero-order valence-electron chi connectivity index (χ0n) is 13.1. The second-order valence-corrected chi connectivity index (χ2v) is 6.06. The Kier molecular flexibility index (Phi) is 5.76. The summed E-state index contributed by atoms with van der Waals surface area (Å²) in [6, 6.07) is 8.04. The first-order valence-corrected chi connectivity index (χ1v) is 6.99. The van der Waals surface area contributed by atoms with Gasteiger partial charge in [-0.25, -0.2) is 0 Å². The van der Waals surface area contributed by atoms with E-state index in [1.807, 2.05) is 43.3 Å². The fourth-order valence-corrected chi connectivity index (χ4v) is 2.08. The first-order valence-electron chi connectivity index (χ1n) is 6.99. The van der Waals surface area contributed by atoms with Crippen molar-refractivity contribution in [3.8, 4) is 0 Å². The summed E-state index contributed by atoms with van der Waals surface area (Å²) in [5, 5.41) is 11.5. The molecule has 0 bridgehead atoms. The molecule has 1 rings (SSSR count). The lowest BCUT2D eigenvalue weighted by Gasteiger charge is -2.24. The van der Waals surface area contributed by atoms with Gasteiger partial charge in [0.1, 0.15) is 0 Å². The Morgan fingerprint density at radius 1 is 1.19 bits per heavy atom. The molecule has 0 unspecified atom stereocenters. The van der Waals surface area contributed by atoms with Crippen LogP contribution in [-0.4, -0.2) is 36.6 Å². The van der Waals surface area contributed by atoms with Gasteiger partial charge in [0.15, 0.2) is 0 Å². The van der Waals surface area contributed by atoms with Crippen LogP contribution in [0, 0.1) is 0 Å². The Balaban J connectivity index is 2.47. The number of carbonyl (C=O) groups is 2. The van der Waals surface area contributed by atoms with Crippen molar-refractivity contribution in [2.24, 2.45) is 0 Å². The molecule has 1 amide bonds. The average molecular weight is 292 g/mol. The van der Waals surface area contributed by atoms with Crippen molar-refractivity contribution in [2.45, 2.75) is 38.6 Å². The zero-order valence-corrected chi connectivity index (χ0v) is 13.1. The van der Waals surface area contributed by atoms with Crippen molar-refractivity contribution in [1.29, 1.82) is 0 Å². The Hall–Kier alpha value is -2.04. The third-order valence-corrected chi connectivity index (χ3v) is 3.16. The number of aliphatic carboxylic acids is 1. The Labute approximate surface area is 126 Å². The highest BCUT2D eigenvalue weighted by atomic mass is 16.4. The lowest BCUT2D eigenvalue weighted by Crippen LogP contribution is -2.45. The van der Waals surface area contributed by atoms with Gasteiger partial charge in [-0.2, -0.15) is 0 Å². The van der Waals surface area contributed by atoms with Crippen LogP contribution in [0.4, 0.5) is 5.69 Å². The lowest BCUT2D eigenvalue weighted by molar-refractivity contribution is -0.138. The van der Waals surface area contributed by atoms with Crippen LogP contribution in [0.1, 0.15) is 32.3 Å². The number of hydrogen-bond acceptors (Lipinski definition) is 3. The van der Waals surface area contributed by atoms with Crippen LogP contribution >= 0.6 is 0 Å². The predicted molar refractivity (Wildman–Crippen MR) is 83.6 cm³/mol. The molecule has 116 valence electrons. The highest BCUT2D eigenvalue weighted by Gasteiger charge is 2.23. The molecule has 0 atom stereocenters. The van der Waals surface area contributed by atoms with Crippen LogP contribution < -0.4 is 10.2 Å². The number of carbonyl (C=O) groups excluding carboxylic acids is 1. The van der Waals surface area contributed by atoms with Crippen molar-refractivity contribution < 1.29 is 14.7 Å². The van der Waals surface area contributed by atoms with Gasteiger partial charge in [-0.15, -0.1) is 0 Å². The highest BCUT2D eigenvalue weighted by Crippen LogP contribution is 2.14. The number of benzene rings is 1. The van der Waals surface area contributed by atoms with Gasteiger partial charge in [-0.05, 0) is 38.0 Å². The SMILES string of the molecule is CN(C)c1ccc(CCC(=O)NC(C)(C)CC(=O)O)cc1. The summed E-state index contributed by atoms with van der Waals surface area (Å²) in [6.07, 6.45) is 0.906. The molecule has 0 saturated carbocycles. The molecule has 0 fully saturated rings. The minimum Gasteiger partial charge on any atom is -0.481 e. The van der Waals surface area contributed by atoms with Crippen molar-refractivity contribution >= 4 is 17.6 Å². The Morgan fingerprint density at radius 3 is 2.24 bits per heavy atom. The number of carboxylic acids is 1. The molecule has 0 aliphatic rings. The maximum absolute atomic E-state index is 11.9. The molecule has 5 nitrogen and oxygen atoms in total. The van der Waals surface area contributed by atoms with E-state index in [4.69, 9.17) is 5.11 Å². The maximum Gasteiger partial charge on any atom is 0.305 e. The molecule has 1 aromatic rings. The van der Waals surface area contributed by atoms with Crippen molar-refractivity contribution in [3.63, 3.8) is 0 Å². The number of anilines is 1. The van der Waals surface area contributed by atoms with Crippen LogP contribution in [-0.2, 0) is 16.0 Å².